The van der Waals surface area contributed by atoms with Gasteiger partial charge in [-0.25, -0.2) is 4.85 Å². The molecule has 4 aliphatic carbocycles. The Morgan fingerprint density at radius 1 is 0.341 bits per heavy atom. The Morgan fingerprint density at radius 2 is 0.648 bits per heavy atom. The maximum atomic E-state index is 12.4. The summed E-state index contributed by atoms with van der Waals surface area (Å²) in [6.45, 7) is 13.5. The lowest BCUT2D eigenvalue weighted by atomic mass is 9.70. The predicted octanol–water partition coefficient (Wildman–Crippen LogP) is 21.6. The molecular weight excluding hydrogens is 1110 g/mol. The summed E-state index contributed by atoms with van der Waals surface area (Å²) in [5.41, 5.74) is 25.6. The highest BCUT2D eigenvalue weighted by Crippen LogP contribution is 2.69. The van der Waals surface area contributed by atoms with E-state index in [9.17, 15) is 11.8 Å². The number of benzene rings is 13. The molecule has 1 heterocycles. The molecule has 0 saturated carbocycles. The second-order valence-electron chi connectivity index (χ2n) is 24.6. The van der Waals surface area contributed by atoms with E-state index in [1.54, 1.807) is 0 Å². The van der Waals surface area contributed by atoms with Crippen molar-refractivity contribution >= 4 is 39.8 Å². The van der Waals surface area contributed by atoms with Crippen LogP contribution in [0.15, 0.2) is 291 Å². The minimum absolute atomic E-state index is 0.119. The Balaban J connectivity index is 0.937. The van der Waals surface area contributed by atoms with Crippen LogP contribution in [-0.2, 0) is 10.8 Å². The Bertz CT molecular complexity index is 4890. The number of anilines is 6. The van der Waals surface area contributed by atoms with E-state index in [0.717, 1.165) is 78.4 Å². The summed E-state index contributed by atoms with van der Waals surface area (Å²) in [6.07, 6.45) is 0. The lowest BCUT2D eigenvalue weighted by Crippen LogP contribution is -2.30. The first-order chi connectivity index (χ1) is 44.8. The third kappa shape index (κ3) is 7.10. The summed E-state index contributed by atoms with van der Waals surface area (Å²) in [4.78, 5) is 8.94. The van der Waals surface area contributed by atoms with Crippen molar-refractivity contribution in [2.45, 2.75) is 30.5 Å². The van der Waals surface area contributed by atoms with Gasteiger partial charge in [-0.3, -0.25) is 0 Å². The molecule has 6 heteroatoms. The molecule has 0 amide bonds. The van der Waals surface area contributed by atoms with Gasteiger partial charge in [0.05, 0.1) is 46.1 Å². The SMILES string of the molecule is [C-]#[N+]c1c(C#N)c(N(c2ccc(-c3ccccc3)cc2)c2cccc3c2-c2ccccc2C32c3ccccc3-c3ccccc32)c2c(c1N(c1ccc(-c3ccccc3)cc1)c1cccc3c1-c1ccccc1C31c3ccccc3-c3ccccc31)OC(C)(C)O2. The first-order valence-electron chi connectivity index (χ1n) is 31.0. The minimum atomic E-state index is -1.27. The molecule has 0 bridgehead atoms. The molecule has 13 aromatic carbocycles. The van der Waals surface area contributed by atoms with E-state index in [-0.39, 0.29) is 11.3 Å². The quantitative estimate of drug-likeness (QED) is 0.142. The van der Waals surface area contributed by atoms with Gasteiger partial charge in [-0.1, -0.05) is 255 Å². The van der Waals surface area contributed by atoms with Crippen molar-refractivity contribution in [2.24, 2.45) is 0 Å². The molecule has 18 rings (SSSR count). The van der Waals surface area contributed by atoms with E-state index in [0.29, 0.717) is 22.9 Å². The molecule has 0 unspecified atom stereocenters. The molecule has 1 aliphatic heterocycles. The van der Waals surface area contributed by atoms with Gasteiger partial charge in [-0.15, -0.1) is 0 Å². The zero-order valence-corrected chi connectivity index (χ0v) is 49.8. The maximum Gasteiger partial charge on any atom is 0.246 e. The van der Waals surface area contributed by atoms with Crippen molar-refractivity contribution in [3.63, 3.8) is 0 Å². The average Bonchev–Trinajstić information content (AvgIpc) is 1.54. The van der Waals surface area contributed by atoms with Crippen LogP contribution < -0.4 is 19.3 Å². The van der Waals surface area contributed by atoms with Gasteiger partial charge in [-0.2, -0.15) is 5.26 Å². The van der Waals surface area contributed by atoms with Gasteiger partial charge in [0.1, 0.15) is 5.69 Å². The lowest BCUT2D eigenvalue weighted by molar-refractivity contribution is -0.0427. The van der Waals surface area contributed by atoms with Crippen molar-refractivity contribution < 1.29 is 9.47 Å². The number of nitriles is 1. The largest absolute Gasteiger partial charge is 0.448 e. The molecule has 0 aromatic heterocycles. The molecule has 0 atom stereocenters. The van der Waals surface area contributed by atoms with Crippen molar-refractivity contribution in [3.8, 4) is 84.3 Å². The molecule has 91 heavy (non-hydrogen) atoms. The molecular formula is C85H54N4O2. The molecule has 0 N–H and O–H groups in total. The number of hydrogen-bond acceptors (Lipinski definition) is 5. The van der Waals surface area contributed by atoms with Gasteiger partial charge in [0.2, 0.25) is 11.5 Å². The second kappa shape index (κ2) is 19.5. The number of rotatable bonds is 8. The monoisotopic (exact) mass is 1160 g/mol. The van der Waals surface area contributed by atoms with E-state index < -0.39 is 16.6 Å². The molecule has 0 saturated heterocycles. The summed E-state index contributed by atoms with van der Waals surface area (Å²) in [5, 5.41) is 12.4. The van der Waals surface area contributed by atoms with Gasteiger partial charge >= 0.3 is 0 Å². The fourth-order valence-corrected chi connectivity index (χ4v) is 16.3. The Labute approximate surface area is 528 Å². The number of fused-ring (bicyclic) bond motifs is 21. The van der Waals surface area contributed by atoms with E-state index >= 15 is 0 Å². The Hall–Kier alpha value is -12.0. The first-order valence-corrected chi connectivity index (χ1v) is 31.0. The van der Waals surface area contributed by atoms with Crippen molar-refractivity contribution in [3.05, 3.63) is 353 Å². The molecule has 2 spiro atoms. The number of nitrogens with zero attached hydrogens (tertiary/aromatic N) is 4. The Morgan fingerprint density at radius 3 is 1.02 bits per heavy atom. The average molecular weight is 1160 g/mol. The van der Waals surface area contributed by atoms with Crippen LogP contribution in [-0.4, -0.2) is 5.79 Å². The zero-order valence-electron chi connectivity index (χ0n) is 49.8. The summed E-state index contributed by atoms with van der Waals surface area (Å²) < 4.78 is 14.7. The van der Waals surface area contributed by atoms with Crippen LogP contribution in [0.3, 0.4) is 0 Å². The standard InChI is InChI=1S/C85H54N4O2/c1-83(2)90-81-79(88(57-48-44-55(45-49-57)53-24-6-4-7-25-53)74-42-22-40-72-76(74)63-32-14-20-38-70(63)84(72)66-34-16-10-28-59(66)60-29-11-17-35-67(60)84)65(52-86)78(87-3)80(82(81)91-83)89(58-50-46-56(47-51-58)54-26-8-5-9-27-54)75-43-23-41-73-77(75)64-33-15-21-39-71(64)85(73)68-36-18-12-30-61(68)62-31-13-19-37-69(62)85/h4-51H,1-2H3. The molecule has 0 radical (unpaired) electrons. The third-order valence-corrected chi connectivity index (χ3v) is 19.6. The van der Waals surface area contributed by atoms with Crippen LogP contribution in [0.2, 0.25) is 0 Å². The summed E-state index contributed by atoms with van der Waals surface area (Å²) in [5.74, 6) is -0.578. The molecule has 0 fully saturated rings. The summed E-state index contributed by atoms with van der Waals surface area (Å²) in [6, 6.07) is 107. The smallest absolute Gasteiger partial charge is 0.246 e. The maximum absolute atomic E-state index is 12.4. The highest BCUT2D eigenvalue weighted by atomic mass is 16.7. The van der Waals surface area contributed by atoms with Crippen LogP contribution in [0, 0.1) is 17.9 Å². The van der Waals surface area contributed by atoms with E-state index in [2.05, 4.69) is 300 Å². The van der Waals surface area contributed by atoms with Crippen LogP contribution >= 0.6 is 0 Å². The van der Waals surface area contributed by atoms with E-state index in [1.807, 2.05) is 26.0 Å². The van der Waals surface area contributed by atoms with Gasteiger partial charge in [0.25, 0.3) is 0 Å². The van der Waals surface area contributed by atoms with E-state index in [4.69, 9.17) is 9.47 Å². The zero-order chi connectivity index (χ0) is 60.7. The predicted molar refractivity (Wildman–Crippen MR) is 366 cm³/mol. The van der Waals surface area contributed by atoms with Gasteiger partial charge < -0.3 is 19.3 Å². The fraction of sp³-hybridized carbons (Fsp3) is 0.0588. The van der Waals surface area contributed by atoms with Crippen molar-refractivity contribution in [1.82, 2.24) is 0 Å². The van der Waals surface area contributed by atoms with Crippen molar-refractivity contribution in [2.75, 3.05) is 9.80 Å². The number of ether oxygens (including phenoxy) is 2. The first kappa shape index (κ1) is 52.2. The molecule has 13 aromatic rings. The molecule has 5 aliphatic rings. The molecule has 426 valence electrons. The minimum Gasteiger partial charge on any atom is -0.448 e. The van der Waals surface area contributed by atoms with E-state index in [1.165, 1.54) is 55.6 Å². The summed E-state index contributed by atoms with van der Waals surface area (Å²) >= 11 is 0. The summed E-state index contributed by atoms with van der Waals surface area (Å²) in [7, 11) is 0. The van der Waals surface area contributed by atoms with Crippen LogP contribution in [0.1, 0.15) is 63.9 Å². The lowest BCUT2D eigenvalue weighted by Gasteiger charge is -2.34. The molecule has 6 nitrogen and oxygen atoms in total. The van der Waals surface area contributed by atoms with Gasteiger partial charge in [0.15, 0.2) is 11.5 Å². The van der Waals surface area contributed by atoms with Gasteiger partial charge in [-0.05, 0) is 137 Å². The normalized spacial score (nSPS) is 14.2. The van der Waals surface area contributed by atoms with Crippen molar-refractivity contribution in [1.29, 1.82) is 5.26 Å². The van der Waals surface area contributed by atoms with Crippen LogP contribution in [0.25, 0.3) is 71.6 Å². The highest BCUT2D eigenvalue weighted by molar-refractivity contribution is 6.09. The fourth-order valence-electron chi connectivity index (χ4n) is 16.3. The second-order valence-corrected chi connectivity index (χ2v) is 24.6. The van der Waals surface area contributed by atoms with Gasteiger partial charge in [0, 0.05) is 36.3 Å². The van der Waals surface area contributed by atoms with Crippen LogP contribution in [0.4, 0.5) is 39.8 Å². The Kier molecular flexibility index (Phi) is 11.2. The number of hydrogen-bond donors (Lipinski definition) is 0. The van der Waals surface area contributed by atoms with Crippen LogP contribution in [0.5, 0.6) is 11.5 Å². The highest BCUT2D eigenvalue weighted by Gasteiger charge is 2.55. The topological polar surface area (TPSA) is 53.1 Å². The third-order valence-electron chi connectivity index (χ3n) is 19.6.